The van der Waals surface area contributed by atoms with Gasteiger partial charge in [0, 0.05) is 28.5 Å². The molecule has 5 aromatic rings. The fourth-order valence-corrected chi connectivity index (χ4v) is 7.06. The van der Waals surface area contributed by atoms with Crippen LogP contribution in [0.3, 0.4) is 0 Å². The second kappa shape index (κ2) is 12.5. The fraction of sp³-hybridized carbons (Fsp3) is 0.156. The second-order valence-corrected chi connectivity index (χ2v) is 12.9. The van der Waals surface area contributed by atoms with Crippen LogP contribution in [0.4, 0.5) is 5.69 Å². The quantitative estimate of drug-likeness (QED) is 0.175. The molecule has 2 aromatic heterocycles. The van der Waals surface area contributed by atoms with Crippen molar-refractivity contribution in [3.63, 3.8) is 0 Å². The maximum Gasteiger partial charge on any atom is 0.296 e. The molecule has 3 aromatic carbocycles. The SMILES string of the molecule is Cc1cc(/C=N\NC(=O)CN(c2c(C)n(C)n(-c3ccccc3)c2=O)S(=O)(=O)c2ccccc2)c(C)n1-c1ccccc1Br. The van der Waals surface area contributed by atoms with Crippen molar-refractivity contribution in [1.29, 1.82) is 0 Å². The van der Waals surface area contributed by atoms with Crippen LogP contribution in [-0.4, -0.2) is 41.0 Å². The number of carbonyl (C=O) groups excluding carboxylic acids is 1. The van der Waals surface area contributed by atoms with Gasteiger partial charge in [0.2, 0.25) is 0 Å². The molecule has 0 spiro atoms. The van der Waals surface area contributed by atoms with E-state index < -0.39 is 28.0 Å². The van der Waals surface area contributed by atoms with Gasteiger partial charge in [-0.05, 0) is 79.2 Å². The third-order valence-corrected chi connectivity index (χ3v) is 9.78. The number of para-hydroxylation sites is 2. The molecular formula is C32H31BrN6O4S. The summed E-state index contributed by atoms with van der Waals surface area (Å²) in [6, 6.07) is 26.4. The Morgan fingerprint density at radius 1 is 0.932 bits per heavy atom. The number of hydrogen-bond acceptors (Lipinski definition) is 5. The maximum atomic E-state index is 13.9. The first kappa shape index (κ1) is 30.8. The second-order valence-electron chi connectivity index (χ2n) is 10.1. The van der Waals surface area contributed by atoms with E-state index >= 15 is 0 Å². The van der Waals surface area contributed by atoms with Crippen molar-refractivity contribution in [2.24, 2.45) is 12.1 Å². The van der Waals surface area contributed by atoms with E-state index in [1.54, 1.807) is 61.1 Å². The first-order valence-corrected chi connectivity index (χ1v) is 15.9. The minimum absolute atomic E-state index is 0.0512. The van der Waals surface area contributed by atoms with Gasteiger partial charge in [-0.1, -0.05) is 48.5 Å². The van der Waals surface area contributed by atoms with E-state index in [0.29, 0.717) is 11.4 Å². The summed E-state index contributed by atoms with van der Waals surface area (Å²) in [5.41, 5.74) is 6.28. The number of amides is 1. The molecule has 0 fully saturated rings. The number of carbonyl (C=O) groups is 1. The van der Waals surface area contributed by atoms with Crippen molar-refractivity contribution < 1.29 is 13.2 Å². The van der Waals surface area contributed by atoms with Crippen LogP contribution in [0.5, 0.6) is 0 Å². The van der Waals surface area contributed by atoms with Crippen LogP contribution in [-0.2, 0) is 21.9 Å². The Morgan fingerprint density at radius 2 is 1.55 bits per heavy atom. The monoisotopic (exact) mass is 674 g/mol. The number of aromatic nitrogens is 3. The lowest BCUT2D eigenvalue weighted by atomic mass is 10.2. The van der Waals surface area contributed by atoms with E-state index in [1.807, 2.05) is 50.2 Å². The molecule has 12 heteroatoms. The van der Waals surface area contributed by atoms with Gasteiger partial charge in [0.05, 0.1) is 28.2 Å². The zero-order valence-electron chi connectivity index (χ0n) is 24.6. The largest absolute Gasteiger partial charge is 0.317 e. The Morgan fingerprint density at radius 3 is 2.20 bits per heavy atom. The Hall–Kier alpha value is -4.68. The molecule has 5 rings (SSSR count). The van der Waals surface area contributed by atoms with Crippen LogP contribution < -0.4 is 15.3 Å². The van der Waals surface area contributed by atoms with Gasteiger partial charge in [-0.15, -0.1) is 0 Å². The fourth-order valence-electron chi connectivity index (χ4n) is 5.11. The number of rotatable bonds is 9. The Bertz CT molecular complexity index is 2030. The van der Waals surface area contributed by atoms with Crippen molar-refractivity contribution >= 4 is 43.8 Å². The highest BCUT2D eigenvalue weighted by Crippen LogP contribution is 2.27. The highest BCUT2D eigenvalue weighted by molar-refractivity contribution is 9.10. The number of hydrazone groups is 1. The normalized spacial score (nSPS) is 11.7. The number of anilines is 1. The zero-order chi connectivity index (χ0) is 31.6. The van der Waals surface area contributed by atoms with E-state index in [9.17, 15) is 18.0 Å². The van der Waals surface area contributed by atoms with Gasteiger partial charge in [0.25, 0.3) is 21.5 Å². The third-order valence-electron chi connectivity index (χ3n) is 7.35. The molecule has 226 valence electrons. The molecule has 0 atom stereocenters. The smallest absolute Gasteiger partial charge is 0.296 e. The number of nitrogens with zero attached hydrogens (tertiary/aromatic N) is 5. The number of aryl methyl sites for hydroxylation is 1. The van der Waals surface area contributed by atoms with Crippen molar-refractivity contribution in [1.82, 2.24) is 19.4 Å². The molecule has 10 nitrogen and oxygen atoms in total. The first-order valence-electron chi connectivity index (χ1n) is 13.7. The molecule has 1 amide bonds. The van der Waals surface area contributed by atoms with E-state index in [1.165, 1.54) is 23.0 Å². The van der Waals surface area contributed by atoms with E-state index in [-0.39, 0.29) is 10.6 Å². The van der Waals surface area contributed by atoms with Gasteiger partial charge in [0.1, 0.15) is 12.2 Å². The highest BCUT2D eigenvalue weighted by Gasteiger charge is 2.33. The van der Waals surface area contributed by atoms with Crippen molar-refractivity contribution in [2.75, 3.05) is 10.8 Å². The molecule has 0 radical (unpaired) electrons. The summed E-state index contributed by atoms with van der Waals surface area (Å²) in [6.45, 7) is 4.89. The van der Waals surface area contributed by atoms with Gasteiger partial charge in [0.15, 0.2) is 0 Å². The van der Waals surface area contributed by atoms with E-state index in [2.05, 4.69) is 31.0 Å². The summed E-state index contributed by atoms with van der Waals surface area (Å²) >= 11 is 3.60. The lowest BCUT2D eigenvalue weighted by Crippen LogP contribution is -2.42. The molecule has 2 heterocycles. The van der Waals surface area contributed by atoms with E-state index in [0.717, 1.165) is 31.4 Å². The molecule has 0 saturated heterocycles. The Balaban J connectivity index is 1.47. The van der Waals surface area contributed by atoms with Gasteiger partial charge < -0.3 is 4.57 Å². The predicted molar refractivity (Wildman–Crippen MR) is 175 cm³/mol. The molecule has 1 N–H and O–H groups in total. The molecule has 0 aliphatic heterocycles. The van der Waals surface area contributed by atoms with Crippen LogP contribution in [0.2, 0.25) is 0 Å². The van der Waals surface area contributed by atoms with Gasteiger partial charge in [-0.2, -0.15) is 5.10 Å². The van der Waals surface area contributed by atoms with Gasteiger partial charge >= 0.3 is 0 Å². The minimum Gasteiger partial charge on any atom is -0.317 e. The molecule has 0 unspecified atom stereocenters. The third kappa shape index (κ3) is 5.78. The lowest BCUT2D eigenvalue weighted by molar-refractivity contribution is -0.119. The van der Waals surface area contributed by atoms with Crippen LogP contribution in [0.15, 0.2) is 110 Å². The first-order chi connectivity index (χ1) is 21.0. The standard InChI is InChI=1S/C32H31BrN6O4S/c1-22-19-25(23(2)38(22)29-18-12-11-17-28(29)33)20-34-35-30(40)21-37(44(42,43)27-15-9-6-10-16-27)31-24(3)36(4)39(32(31)41)26-13-7-5-8-14-26/h5-20H,21H2,1-4H3,(H,35,40)/b34-20-. The summed E-state index contributed by atoms with van der Waals surface area (Å²) in [5.74, 6) is -0.714. The predicted octanol–water partition coefficient (Wildman–Crippen LogP) is 5.00. The van der Waals surface area contributed by atoms with Gasteiger partial charge in [-0.3, -0.25) is 14.3 Å². The number of nitrogens with one attached hydrogen (secondary N) is 1. The Kier molecular flexibility index (Phi) is 8.75. The Labute approximate surface area is 264 Å². The van der Waals surface area contributed by atoms with Crippen molar-refractivity contribution in [2.45, 2.75) is 25.7 Å². The molecule has 0 aliphatic carbocycles. The highest BCUT2D eigenvalue weighted by atomic mass is 79.9. The number of benzene rings is 3. The van der Waals surface area contributed by atoms with Crippen LogP contribution in [0, 0.1) is 20.8 Å². The summed E-state index contributed by atoms with van der Waals surface area (Å²) < 4.78 is 34.6. The molecule has 0 saturated carbocycles. The van der Waals surface area contributed by atoms with Crippen LogP contribution in [0.25, 0.3) is 11.4 Å². The number of sulfonamides is 1. The number of hydrogen-bond donors (Lipinski definition) is 1. The average molecular weight is 676 g/mol. The number of halogens is 1. The average Bonchev–Trinajstić information content (AvgIpc) is 3.41. The molecule has 0 aliphatic rings. The topological polar surface area (TPSA) is 111 Å². The minimum atomic E-state index is -4.31. The molecular weight excluding hydrogens is 644 g/mol. The zero-order valence-corrected chi connectivity index (χ0v) is 27.0. The van der Waals surface area contributed by atoms with Crippen LogP contribution >= 0.6 is 15.9 Å². The summed E-state index contributed by atoms with van der Waals surface area (Å²) in [6.07, 6.45) is 1.51. The summed E-state index contributed by atoms with van der Waals surface area (Å²) in [4.78, 5) is 27.0. The van der Waals surface area contributed by atoms with Gasteiger partial charge in [-0.25, -0.2) is 22.8 Å². The summed E-state index contributed by atoms with van der Waals surface area (Å²) in [7, 11) is -2.65. The molecule has 44 heavy (non-hydrogen) atoms. The van der Waals surface area contributed by atoms with Crippen molar-refractivity contribution in [3.8, 4) is 11.4 Å². The van der Waals surface area contributed by atoms with Crippen LogP contribution in [0.1, 0.15) is 22.6 Å². The molecule has 0 bridgehead atoms. The summed E-state index contributed by atoms with van der Waals surface area (Å²) in [5, 5.41) is 4.13. The lowest BCUT2D eigenvalue weighted by Gasteiger charge is -2.22. The maximum absolute atomic E-state index is 13.9. The van der Waals surface area contributed by atoms with E-state index in [4.69, 9.17) is 0 Å². The van der Waals surface area contributed by atoms with Crippen molar-refractivity contribution in [3.05, 3.63) is 128 Å².